The summed E-state index contributed by atoms with van der Waals surface area (Å²) in [5.41, 5.74) is 11.6. The summed E-state index contributed by atoms with van der Waals surface area (Å²) in [6, 6.07) is 65.8. The van der Waals surface area contributed by atoms with E-state index in [0.29, 0.717) is 17.5 Å². The summed E-state index contributed by atoms with van der Waals surface area (Å²) in [6.07, 6.45) is 0. The van der Waals surface area contributed by atoms with Crippen LogP contribution in [0, 0.1) is 0 Å². The number of benzene rings is 8. The molecule has 0 aliphatic heterocycles. The zero-order valence-electron chi connectivity index (χ0n) is 30.1. The lowest BCUT2D eigenvalue weighted by molar-refractivity contribution is 0.669. The average molecular weight is 734 g/mol. The molecule has 0 spiro atoms. The molecule has 5 heteroatoms. The molecule has 0 fully saturated rings. The van der Waals surface area contributed by atoms with Crippen LogP contribution in [0.4, 0.5) is 0 Å². The Morgan fingerprint density at radius 2 is 0.839 bits per heavy atom. The van der Waals surface area contributed by atoms with Crippen LogP contribution in [-0.2, 0) is 0 Å². The van der Waals surface area contributed by atoms with E-state index in [1.807, 2.05) is 48.5 Å². The van der Waals surface area contributed by atoms with Crippen molar-refractivity contribution in [3.8, 4) is 67.5 Å². The molecule has 11 rings (SSSR count). The van der Waals surface area contributed by atoms with Crippen LogP contribution in [-0.4, -0.2) is 15.0 Å². The van der Waals surface area contributed by atoms with Crippen molar-refractivity contribution in [3.05, 3.63) is 188 Å². The molecule has 11 aromatic rings. The van der Waals surface area contributed by atoms with E-state index >= 15 is 0 Å². The molecule has 0 saturated heterocycles. The number of hydrogen-bond donors (Lipinski definition) is 0. The van der Waals surface area contributed by atoms with Gasteiger partial charge in [-0.15, -0.1) is 11.3 Å². The number of furan rings is 1. The fraction of sp³-hybridized carbons (Fsp3) is 0. The maximum absolute atomic E-state index is 6.27. The van der Waals surface area contributed by atoms with Crippen LogP contribution >= 0.6 is 11.3 Å². The molecule has 0 N–H and O–H groups in total. The molecule has 0 aliphatic rings. The standard InChI is InChI=1S/C51H31N3OS/c1-3-12-32(13-4-1)36-16-9-17-37(30-36)33-24-26-34(27-25-33)38-28-29-45-42(31-38)48-41(20-11-23-46(48)56-45)51-53-49(35-14-5-2-6-15-35)52-50(54-51)40-19-10-22-44-47(40)39-18-7-8-21-43(39)55-44/h1-31H. The molecule has 0 unspecified atom stereocenters. The zero-order valence-corrected chi connectivity index (χ0v) is 30.9. The van der Waals surface area contributed by atoms with Gasteiger partial charge in [0.15, 0.2) is 17.5 Å². The Hall–Kier alpha value is -7.21. The van der Waals surface area contributed by atoms with Gasteiger partial charge in [0, 0.05) is 47.6 Å². The van der Waals surface area contributed by atoms with E-state index in [4.69, 9.17) is 19.4 Å². The molecule has 0 amide bonds. The fourth-order valence-corrected chi connectivity index (χ4v) is 8.96. The minimum Gasteiger partial charge on any atom is -0.456 e. The zero-order chi connectivity index (χ0) is 37.0. The Labute approximate surface area is 327 Å². The van der Waals surface area contributed by atoms with Crippen molar-refractivity contribution < 1.29 is 4.42 Å². The number of thiophene rings is 1. The lowest BCUT2D eigenvalue weighted by atomic mass is 9.96. The molecule has 4 nitrogen and oxygen atoms in total. The molecule has 56 heavy (non-hydrogen) atoms. The number of aromatic nitrogens is 3. The quantitative estimate of drug-likeness (QED) is 0.171. The summed E-state index contributed by atoms with van der Waals surface area (Å²) in [7, 11) is 0. The first kappa shape index (κ1) is 32.2. The van der Waals surface area contributed by atoms with E-state index in [0.717, 1.165) is 49.6 Å². The van der Waals surface area contributed by atoms with Crippen LogP contribution in [0.5, 0.6) is 0 Å². The molecule has 3 heterocycles. The first-order chi connectivity index (χ1) is 27.7. The number of hydrogen-bond acceptors (Lipinski definition) is 5. The predicted octanol–water partition coefficient (Wildman–Crippen LogP) is 14.1. The average Bonchev–Trinajstić information content (AvgIpc) is 3.85. The molecule has 0 aliphatic carbocycles. The summed E-state index contributed by atoms with van der Waals surface area (Å²) in [6.45, 7) is 0. The first-order valence-corrected chi connectivity index (χ1v) is 19.5. The van der Waals surface area contributed by atoms with Gasteiger partial charge in [0.2, 0.25) is 0 Å². The lowest BCUT2D eigenvalue weighted by Crippen LogP contribution is -2.00. The van der Waals surface area contributed by atoms with Crippen molar-refractivity contribution in [1.82, 2.24) is 15.0 Å². The Kier molecular flexibility index (Phi) is 7.64. The van der Waals surface area contributed by atoms with Crippen molar-refractivity contribution in [3.63, 3.8) is 0 Å². The Balaban J connectivity index is 1.04. The smallest absolute Gasteiger partial charge is 0.164 e. The summed E-state index contributed by atoms with van der Waals surface area (Å²) in [5.74, 6) is 1.87. The molecule has 0 radical (unpaired) electrons. The number of nitrogens with zero attached hydrogens (tertiary/aromatic N) is 3. The molecule has 8 aromatic carbocycles. The molecule has 0 atom stereocenters. The van der Waals surface area contributed by atoms with Gasteiger partial charge in [0.1, 0.15) is 11.2 Å². The van der Waals surface area contributed by atoms with Crippen LogP contribution in [0.3, 0.4) is 0 Å². The third-order valence-electron chi connectivity index (χ3n) is 10.6. The third kappa shape index (κ3) is 5.56. The first-order valence-electron chi connectivity index (χ1n) is 18.7. The number of fused-ring (bicyclic) bond motifs is 6. The van der Waals surface area contributed by atoms with Crippen molar-refractivity contribution in [2.45, 2.75) is 0 Å². The second kappa shape index (κ2) is 13.3. The van der Waals surface area contributed by atoms with Gasteiger partial charge in [0.25, 0.3) is 0 Å². The second-order valence-corrected chi connectivity index (χ2v) is 15.0. The monoisotopic (exact) mass is 733 g/mol. The van der Waals surface area contributed by atoms with E-state index in [2.05, 4.69) is 140 Å². The Bertz CT molecular complexity index is 3240. The van der Waals surface area contributed by atoms with Gasteiger partial charge in [-0.05, 0) is 69.8 Å². The maximum atomic E-state index is 6.27. The lowest BCUT2D eigenvalue weighted by Gasteiger charge is -2.10. The topological polar surface area (TPSA) is 51.8 Å². The Morgan fingerprint density at radius 3 is 1.57 bits per heavy atom. The third-order valence-corrected chi connectivity index (χ3v) is 11.7. The summed E-state index contributed by atoms with van der Waals surface area (Å²) in [5, 5.41) is 4.36. The molecule has 3 aromatic heterocycles. The second-order valence-electron chi connectivity index (χ2n) is 14.0. The van der Waals surface area contributed by atoms with Crippen LogP contribution in [0.1, 0.15) is 0 Å². The van der Waals surface area contributed by atoms with Gasteiger partial charge >= 0.3 is 0 Å². The molecular formula is C51H31N3OS. The van der Waals surface area contributed by atoms with Gasteiger partial charge < -0.3 is 4.42 Å². The molecule has 0 saturated carbocycles. The van der Waals surface area contributed by atoms with E-state index in [1.54, 1.807) is 11.3 Å². The van der Waals surface area contributed by atoms with E-state index in [9.17, 15) is 0 Å². The van der Waals surface area contributed by atoms with Gasteiger partial charge in [-0.2, -0.15) is 0 Å². The van der Waals surface area contributed by atoms with Crippen LogP contribution in [0.2, 0.25) is 0 Å². The number of rotatable bonds is 6. The van der Waals surface area contributed by atoms with Gasteiger partial charge in [-0.3, -0.25) is 0 Å². The van der Waals surface area contributed by atoms with Gasteiger partial charge in [-0.1, -0.05) is 152 Å². The fourth-order valence-electron chi connectivity index (χ4n) is 7.85. The van der Waals surface area contributed by atoms with Crippen molar-refractivity contribution in [1.29, 1.82) is 0 Å². The van der Waals surface area contributed by atoms with E-state index in [-0.39, 0.29) is 0 Å². The maximum Gasteiger partial charge on any atom is 0.164 e. The highest BCUT2D eigenvalue weighted by Gasteiger charge is 2.20. The highest BCUT2D eigenvalue weighted by molar-refractivity contribution is 7.26. The van der Waals surface area contributed by atoms with Crippen molar-refractivity contribution in [2.24, 2.45) is 0 Å². The summed E-state index contributed by atoms with van der Waals surface area (Å²) in [4.78, 5) is 15.5. The predicted molar refractivity (Wildman–Crippen MR) is 233 cm³/mol. The van der Waals surface area contributed by atoms with Crippen LogP contribution in [0.15, 0.2) is 192 Å². The van der Waals surface area contributed by atoms with E-state index < -0.39 is 0 Å². The normalized spacial score (nSPS) is 11.6. The molecule has 0 bridgehead atoms. The van der Waals surface area contributed by atoms with Crippen molar-refractivity contribution >= 4 is 53.4 Å². The minimum absolute atomic E-state index is 0.609. The Morgan fingerprint density at radius 1 is 0.321 bits per heavy atom. The largest absolute Gasteiger partial charge is 0.456 e. The van der Waals surface area contributed by atoms with E-state index in [1.165, 1.54) is 42.6 Å². The van der Waals surface area contributed by atoms with Gasteiger partial charge in [0.05, 0.1) is 0 Å². The minimum atomic E-state index is 0.609. The highest BCUT2D eigenvalue weighted by Crippen LogP contribution is 2.42. The SMILES string of the molecule is c1ccc(-c2cccc(-c3ccc(-c4ccc5sc6cccc(-c7nc(-c8ccccc8)nc(-c8cccc9oc%10ccccc%10c89)n7)c6c5c4)cc3)c2)cc1. The molecular weight excluding hydrogens is 703 g/mol. The highest BCUT2D eigenvalue weighted by atomic mass is 32.1. The van der Waals surface area contributed by atoms with Gasteiger partial charge in [-0.25, -0.2) is 15.0 Å². The van der Waals surface area contributed by atoms with Crippen LogP contribution < -0.4 is 0 Å². The van der Waals surface area contributed by atoms with Crippen LogP contribution in [0.25, 0.3) is 110 Å². The van der Waals surface area contributed by atoms with Crippen molar-refractivity contribution in [2.75, 3.05) is 0 Å². The summed E-state index contributed by atoms with van der Waals surface area (Å²) >= 11 is 1.80. The number of para-hydroxylation sites is 1. The molecule has 262 valence electrons. The summed E-state index contributed by atoms with van der Waals surface area (Å²) < 4.78 is 8.68.